The fourth-order valence-corrected chi connectivity index (χ4v) is 2.88. The lowest BCUT2D eigenvalue weighted by molar-refractivity contribution is -0.0403. The standard InChI is InChI=1S/C12H17N5O3/c1-12(3-18)2-6(8(19)9(12)20)17-5-16-7-10(13)14-4-15-11(7)17/h4-6,8-9,18-20H,2-3H2,1H3,(H2,13,14,15)/t6-,8-,9-,12-/m1/s1. The highest BCUT2D eigenvalue weighted by Crippen LogP contribution is 2.44. The summed E-state index contributed by atoms with van der Waals surface area (Å²) in [5, 5.41) is 29.8. The van der Waals surface area contributed by atoms with Crippen molar-refractivity contribution in [2.24, 2.45) is 5.41 Å². The molecule has 0 spiro atoms. The Bertz CT molecular complexity index is 645. The fourth-order valence-electron chi connectivity index (χ4n) is 2.88. The summed E-state index contributed by atoms with van der Waals surface area (Å²) in [7, 11) is 0. The maximum Gasteiger partial charge on any atom is 0.165 e. The third-order valence-corrected chi connectivity index (χ3v) is 4.21. The molecule has 0 aromatic carbocycles. The minimum atomic E-state index is -1.01. The van der Waals surface area contributed by atoms with E-state index in [1.165, 1.54) is 12.7 Å². The van der Waals surface area contributed by atoms with E-state index in [1.54, 1.807) is 11.5 Å². The first kappa shape index (κ1) is 13.2. The summed E-state index contributed by atoms with van der Waals surface area (Å²) < 4.78 is 1.68. The molecular formula is C12H17N5O3. The van der Waals surface area contributed by atoms with Gasteiger partial charge in [0.15, 0.2) is 11.5 Å². The van der Waals surface area contributed by atoms with Gasteiger partial charge in [0.05, 0.1) is 25.1 Å². The predicted molar refractivity (Wildman–Crippen MR) is 70.6 cm³/mol. The van der Waals surface area contributed by atoms with E-state index in [9.17, 15) is 15.3 Å². The van der Waals surface area contributed by atoms with Crippen molar-refractivity contribution in [3.63, 3.8) is 0 Å². The molecule has 1 aliphatic carbocycles. The van der Waals surface area contributed by atoms with Crippen LogP contribution >= 0.6 is 0 Å². The normalized spacial score (nSPS) is 33.9. The molecule has 0 aliphatic heterocycles. The molecule has 20 heavy (non-hydrogen) atoms. The molecule has 1 fully saturated rings. The predicted octanol–water partition coefficient (Wildman–Crippen LogP) is -0.926. The van der Waals surface area contributed by atoms with Gasteiger partial charge in [-0.05, 0) is 6.42 Å². The van der Waals surface area contributed by atoms with Gasteiger partial charge in [-0.25, -0.2) is 15.0 Å². The van der Waals surface area contributed by atoms with E-state index in [0.29, 0.717) is 17.6 Å². The molecule has 0 saturated heterocycles. The van der Waals surface area contributed by atoms with Crippen molar-refractivity contribution >= 4 is 17.0 Å². The summed E-state index contributed by atoms with van der Waals surface area (Å²) in [5.41, 5.74) is 5.95. The van der Waals surface area contributed by atoms with Crippen molar-refractivity contribution in [1.82, 2.24) is 19.5 Å². The Morgan fingerprint density at radius 2 is 2.15 bits per heavy atom. The summed E-state index contributed by atoms with van der Waals surface area (Å²) in [6.07, 6.45) is 1.27. The van der Waals surface area contributed by atoms with E-state index in [1.807, 2.05) is 0 Å². The molecule has 2 heterocycles. The molecule has 1 saturated carbocycles. The van der Waals surface area contributed by atoms with Gasteiger partial charge < -0.3 is 25.6 Å². The number of imidazole rings is 1. The molecule has 5 N–H and O–H groups in total. The molecular weight excluding hydrogens is 262 g/mol. The lowest BCUT2D eigenvalue weighted by atomic mass is 9.87. The van der Waals surface area contributed by atoms with Gasteiger partial charge in [-0.2, -0.15) is 0 Å². The molecule has 0 amide bonds. The van der Waals surface area contributed by atoms with Gasteiger partial charge in [-0.3, -0.25) is 0 Å². The second-order valence-corrected chi connectivity index (χ2v) is 5.60. The summed E-state index contributed by atoms with van der Waals surface area (Å²) in [4.78, 5) is 12.2. The maximum atomic E-state index is 10.2. The first-order chi connectivity index (χ1) is 9.48. The Labute approximate surface area is 114 Å². The number of hydrogen-bond donors (Lipinski definition) is 4. The van der Waals surface area contributed by atoms with E-state index in [4.69, 9.17) is 5.73 Å². The highest BCUT2D eigenvalue weighted by Gasteiger charge is 2.50. The molecule has 8 heteroatoms. The van der Waals surface area contributed by atoms with Gasteiger partial charge in [0, 0.05) is 5.41 Å². The van der Waals surface area contributed by atoms with Gasteiger partial charge in [0.25, 0.3) is 0 Å². The third kappa shape index (κ3) is 1.69. The average Bonchev–Trinajstić information content (AvgIpc) is 2.96. The number of aliphatic hydroxyl groups excluding tert-OH is 3. The van der Waals surface area contributed by atoms with Crippen molar-refractivity contribution < 1.29 is 15.3 Å². The number of aromatic nitrogens is 4. The number of fused-ring (bicyclic) bond motifs is 1. The SMILES string of the molecule is C[C@]1(CO)C[C@@H](n2cnc3c(N)ncnc32)[C@@H](O)[C@H]1O. The van der Waals surface area contributed by atoms with E-state index in [-0.39, 0.29) is 12.4 Å². The van der Waals surface area contributed by atoms with Crippen LogP contribution in [0, 0.1) is 5.41 Å². The van der Waals surface area contributed by atoms with E-state index >= 15 is 0 Å². The van der Waals surface area contributed by atoms with Crippen molar-refractivity contribution in [2.45, 2.75) is 31.6 Å². The highest BCUT2D eigenvalue weighted by atomic mass is 16.3. The molecule has 2 aromatic heterocycles. The van der Waals surface area contributed by atoms with Crippen LogP contribution in [0.5, 0.6) is 0 Å². The minimum absolute atomic E-state index is 0.203. The Hall–Kier alpha value is -1.77. The zero-order valence-electron chi connectivity index (χ0n) is 11.0. The van der Waals surface area contributed by atoms with Crippen LogP contribution in [0.1, 0.15) is 19.4 Å². The smallest absolute Gasteiger partial charge is 0.165 e. The Kier molecular flexibility index (Phi) is 2.89. The number of nitrogens with zero attached hydrogens (tertiary/aromatic N) is 4. The second-order valence-electron chi connectivity index (χ2n) is 5.60. The zero-order valence-corrected chi connectivity index (χ0v) is 11.0. The number of nitrogen functional groups attached to an aromatic ring is 1. The van der Waals surface area contributed by atoms with Crippen LogP contribution < -0.4 is 5.73 Å². The largest absolute Gasteiger partial charge is 0.396 e. The molecule has 4 atom stereocenters. The number of rotatable bonds is 2. The molecule has 0 bridgehead atoms. The average molecular weight is 279 g/mol. The number of anilines is 1. The summed E-state index contributed by atoms with van der Waals surface area (Å²) in [6.45, 7) is 1.54. The number of nitrogens with two attached hydrogens (primary N) is 1. The Morgan fingerprint density at radius 1 is 1.40 bits per heavy atom. The van der Waals surface area contributed by atoms with Crippen molar-refractivity contribution in [1.29, 1.82) is 0 Å². The second kappa shape index (κ2) is 4.37. The van der Waals surface area contributed by atoms with Crippen LogP contribution in [0.2, 0.25) is 0 Å². The molecule has 0 unspecified atom stereocenters. The van der Waals surface area contributed by atoms with Crippen LogP contribution in [-0.4, -0.2) is 53.7 Å². The van der Waals surface area contributed by atoms with Crippen molar-refractivity contribution in [3.05, 3.63) is 12.7 Å². The van der Waals surface area contributed by atoms with Gasteiger partial charge in [-0.1, -0.05) is 6.92 Å². The van der Waals surface area contributed by atoms with Crippen LogP contribution in [0.15, 0.2) is 12.7 Å². The number of hydrogen-bond acceptors (Lipinski definition) is 7. The lowest BCUT2D eigenvalue weighted by Crippen LogP contribution is -2.36. The van der Waals surface area contributed by atoms with Crippen LogP contribution in [0.25, 0.3) is 11.2 Å². The number of aliphatic hydroxyl groups is 3. The maximum absolute atomic E-state index is 10.2. The molecule has 3 rings (SSSR count). The molecule has 0 radical (unpaired) electrons. The molecule has 1 aliphatic rings. The monoisotopic (exact) mass is 279 g/mol. The first-order valence-corrected chi connectivity index (χ1v) is 6.38. The van der Waals surface area contributed by atoms with Crippen molar-refractivity contribution in [2.75, 3.05) is 12.3 Å². The third-order valence-electron chi connectivity index (χ3n) is 4.21. The molecule has 108 valence electrons. The highest BCUT2D eigenvalue weighted by molar-refractivity contribution is 5.81. The van der Waals surface area contributed by atoms with Crippen LogP contribution in [-0.2, 0) is 0 Å². The van der Waals surface area contributed by atoms with E-state index in [2.05, 4.69) is 15.0 Å². The summed E-state index contributed by atoms with van der Waals surface area (Å²) >= 11 is 0. The fraction of sp³-hybridized carbons (Fsp3) is 0.583. The van der Waals surface area contributed by atoms with E-state index in [0.717, 1.165) is 0 Å². The molecule has 2 aromatic rings. The molecule has 8 nitrogen and oxygen atoms in total. The summed E-state index contributed by atoms with van der Waals surface area (Å²) in [5.74, 6) is 0.270. The van der Waals surface area contributed by atoms with Gasteiger partial charge in [-0.15, -0.1) is 0 Å². The van der Waals surface area contributed by atoms with Crippen LogP contribution in [0.4, 0.5) is 5.82 Å². The summed E-state index contributed by atoms with van der Waals surface area (Å²) in [6, 6.07) is -0.415. The van der Waals surface area contributed by atoms with Crippen LogP contribution in [0.3, 0.4) is 0 Å². The Morgan fingerprint density at radius 3 is 2.80 bits per heavy atom. The first-order valence-electron chi connectivity index (χ1n) is 6.38. The topological polar surface area (TPSA) is 130 Å². The van der Waals surface area contributed by atoms with Gasteiger partial charge in [0.1, 0.15) is 17.9 Å². The van der Waals surface area contributed by atoms with Crippen molar-refractivity contribution in [3.8, 4) is 0 Å². The Balaban J connectivity index is 2.06. The quantitative estimate of drug-likeness (QED) is 0.559. The van der Waals surface area contributed by atoms with Gasteiger partial charge in [0.2, 0.25) is 0 Å². The minimum Gasteiger partial charge on any atom is -0.396 e. The van der Waals surface area contributed by atoms with Gasteiger partial charge >= 0.3 is 0 Å². The zero-order chi connectivity index (χ0) is 14.5. The lowest BCUT2D eigenvalue weighted by Gasteiger charge is -2.25. The van der Waals surface area contributed by atoms with E-state index < -0.39 is 23.7 Å².